The first-order valence-electron chi connectivity index (χ1n) is 15.0. The average molecular weight is 650 g/mol. The van der Waals surface area contributed by atoms with Gasteiger partial charge in [-0.2, -0.15) is 22.9 Å². The molecule has 6 rings (SSSR count). The molecule has 0 fully saturated rings. The Kier molecular flexibility index (Phi) is 8.68. The van der Waals surface area contributed by atoms with Crippen molar-refractivity contribution in [1.29, 1.82) is 0 Å². The molecule has 0 aliphatic rings. The molecule has 0 radical (unpaired) electrons. The van der Waals surface area contributed by atoms with Crippen molar-refractivity contribution in [2.24, 2.45) is 5.10 Å². The number of hydrogen-bond donors (Lipinski definition) is 1. The number of aryl methyl sites for hydroxylation is 2. The number of rotatable bonds is 8. The van der Waals surface area contributed by atoms with Crippen LogP contribution in [0.15, 0.2) is 113 Å². The molecular formula is C37H30F3N5O3. The minimum absolute atomic E-state index is 0.0157. The molecule has 0 unspecified atom stereocenters. The lowest BCUT2D eigenvalue weighted by atomic mass is 10.1. The smallest absolute Gasteiger partial charge is 0.416 e. The molecule has 2 aromatic heterocycles. The summed E-state index contributed by atoms with van der Waals surface area (Å²) in [6, 6.07) is 27.9. The van der Waals surface area contributed by atoms with Gasteiger partial charge < -0.3 is 14.6 Å². The Morgan fingerprint density at radius 2 is 1.65 bits per heavy atom. The van der Waals surface area contributed by atoms with Crippen LogP contribution in [0.1, 0.15) is 28.1 Å². The van der Waals surface area contributed by atoms with E-state index in [0.717, 1.165) is 45.1 Å². The molecule has 0 spiro atoms. The fourth-order valence-electron chi connectivity index (χ4n) is 5.43. The summed E-state index contributed by atoms with van der Waals surface area (Å²) in [5, 5.41) is 7.58. The second kappa shape index (κ2) is 13.0. The van der Waals surface area contributed by atoms with Crippen molar-refractivity contribution in [2.45, 2.75) is 26.9 Å². The number of carbonyl (C=O) groups is 1. The average Bonchev–Trinajstić information content (AvgIpc) is 3.36. The lowest BCUT2D eigenvalue weighted by molar-refractivity contribution is -0.137. The van der Waals surface area contributed by atoms with Crippen LogP contribution in [-0.4, -0.2) is 33.0 Å². The number of benzene rings is 4. The highest BCUT2D eigenvalue weighted by Crippen LogP contribution is 2.32. The highest BCUT2D eigenvalue weighted by molar-refractivity contribution is 5.92. The first-order valence-corrected chi connectivity index (χ1v) is 15.0. The van der Waals surface area contributed by atoms with E-state index in [4.69, 9.17) is 4.74 Å². The SMILES string of the molecule is Cc1ccccc1NC(=O)COc1ccc(-n2c(C)cc(C=Nn3c(-c4cccc(C(F)(F)F)c4)nc4ccccc4c3=O)c2C)cc1. The Hall–Kier alpha value is -5.97. The largest absolute Gasteiger partial charge is 0.484 e. The molecule has 8 nitrogen and oxygen atoms in total. The molecule has 48 heavy (non-hydrogen) atoms. The number of aromatic nitrogens is 3. The van der Waals surface area contributed by atoms with Crippen molar-refractivity contribution in [1.82, 2.24) is 14.2 Å². The van der Waals surface area contributed by atoms with Crippen LogP contribution in [0.25, 0.3) is 28.0 Å². The Morgan fingerprint density at radius 1 is 0.917 bits per heavy atom. The van der Waals surface area contributed by atoms with E-state index in [9.17, 15) is 22.8 Å². The quantitative estimate of drug-likeness (QED) is 0.171. The number of ether oxygens (including phenoxy) is 1. The van der Waals surface area contributed by atoms with E-state index in [1.54, 1.807) is 36.4 Å². The van der Waals surface area contributed by atoms with Gasteiger partial charge in [0.1, 0.15) is 5.75 Å². The van der Waals surface area contributed by atoms with Crippen LogP contribution in [0.2, 0.25) is 0 Å². The van der Waals surface area contributed by atoms with Crippen LogP contribution >= 0.6 is 0 Å². The standard InChI is InChI=1S/C37H30F3N5O3/c1-23-9-4-6-13-32(23)42-34(46)22-48-30-17-15-29(16-18-30)44-24(2)19-27(25(44)3)21-41-45-35(26-10-8-11-28(20-26)37(38,39)40)43-33-14-7-5-12-31(33)36(45)47/h4-21H,22H2,1-3H3,(H,42,46). The Labute approximate surface area is 273 Å². The second-order valence-electron chi connectivity index (χ2n) is 11.2. The highest BCUT2D eigenvalue weighted by atomic mass is 19.4. The van der Waals surface area contributed by atoms with Crippen molar-refractivity contribution in [3.63, 3.8) is 0 Å². The lowest BCUT2D eigenvalue weighted by Crippen LogP contribution is -2.20. The summed E-state index contributed by atoms with van der Waals surface area (Å²) in [5.41, 5.74) is 3.97. The van der Waals surface area contributed by atoms with Gasteiger partial charge in [0, 0.05) is 33.9 Å². The monoisotopic (exact) mass is 649 g/mol. The van der Waals surface area contributed by atoms with Gasteiger partial charge in [0.05, 0.1) is 22.7 Å². The van der Waals surface area contributed by atoms with E-state index < -0.39 is 17.3 Å². The maximum Gasteiger partial charge on any atom is 0.416 e. The predicted octanol–water partition coefficient (Wildman–Crippen LogP) is 7.70. The molecule has 1 N–H and O–H groups in total. The summed E-state index contributed by atoms with van der Waals surface area (Å²) in [7, 11) is 0. The number of para-hydroxylation sites is 2. The molecule has 11 heteroatoms. The third-order valence-electron chi connectivity index (χ3n) is 7.87. The molecule has 1 amide bonds. The third-order valence-corrected chi connectivity index (χ3v) is 7.87. The van der Waals surface area contributed by atoms with E-state index >= 15 is 0 Å². The number of nitrogens with zero attached hydrogens (tertiary/aromatic N) is 4. The summed E-state index contributed by atoms with van der Waals surface area (Å²) in [6.07, 6.45) is -3.07. The van der Waals surface area contributed by atoms with Gasteiger partial charge in [0.25, 0.3) is 11.5 Å². The molecule has 242 valence electrons. The van der Waals surface area contributed by atoms with Crippen LogP contribution in [0.4, 0.5) is 18.9 Å². The number of hydrogen-bond acceptors (Lipinski definition) is 5. The fraction of sp³-hybridized carbons (Fsp3) is 0.135. The van der Waals surface area contributed by atoms with Gasteiger partial charge in [-0.15, -0.1) is 0 Å². The van der Waals surface area contributed by atoms with Gasteiger partial charge in [-0.25, -0.2) is 4.98 Å². The maximum absolute atomic E-state index is 13.6. The molecular weight excluding hydrogens is 619 g/mol. The van der Waals surface area contributed by atoms with Gasteiger partial charge in [-0.05, 0) is 87.0 Å². The van der Waals surface area contributed by atoms with Gasteiger partial charge in [-0.3, -0.25) is 9.59 Å². The molecule has 0 aliphatic heterocycles. The van der Waals surface area contributed by atoms with E-state index in [2.05, 4.69) is 15.4 Å². The zero-order valence-electron chi connectivity index (χ0n) is 26.2. The van der Waals surface area contributed by atoms with Gasteiger partial charge >= 0.3 is 6.18 Å². The molecule has 0 saturated heterocycles. The van der Waals surface area contributed by atoms with Crippen LogP contribution in [0.3, 0.4) is 0 Å². The van der Waals surface area contributed by atoms with Crippen LogP contribution in [0, 0.1) is 20.8 Å². The highest BCUT2D eigenvalue weighted by Gasteiger charge is 2.31. The van der Waals surface area contributed by atoms with E-state index in [0.29, 0.717) is 16.8 Å². The lowest BCUT2D eigenvalue weighted by Gasteiger charge is -2.12. The van der Waals surface area contributed by atoms with Crippen molar-refractivity contribution < 1.29 is 22.7 Å². The summed E-state index contributed by atoms with van der Waals surface area (Å²) in [4.78, 5) is 30.5. The summed E-state index contributed by atoms with van der Waals surface area (Å²) in [5.74, 6) is 0.234. The molecule has 0 bridgehead atoms. The van der Waals surface area contributed by atoms with Crippen LogP contribution in [-0.2, 0) is 11.0 Å². The molecule has 0 atom stereocenters. The molecule has 0 aliphatic carbocycles. The van der Waals surface area contributed by atoms with Crippen LogP contribution in [0.5, 0.6) is 5.75 Å². The summed E-state index contributed by atoms with van der Waals surface area (Å²) >= 11 is 0. The number of alkyl halides is 3. The van der Waals surface area contributed by atoms with E-state index in [1.807, 2.05) is 67.8 Å². The predicted molar refractivity (Wildman–Crippen MR) is 180 cm³/mol. The van der Waals surface area contributed by atoms with Crippen molar-refractivity contribution >= 4 is 28.7 Å². The first kappa shape index (κ1) is 32.0. The molecule has 4 aromatic carbocycles. The minimum atomic E-state index is -4.57. The van der Waals surface area contributed by atoms with Gasteiger partial charge in [0.2, 0.25) is 0 Å². The third kappa shape index (κ3) is 6.61. The molecule has 6 aromatic rings. The fourth-order valence-corrected chi connectivity index (χ4v) is 5.43. The number of carbonyl (C=O) groups excluding carboxylic acids is 1. The number of halogens is 3. The molecule has 0 saturated carbocycles. The van der Waals surface area contributed by atoms with E-state index in [1.165, 1.54) is 18.3 Å². The second-order valence-corrected chi connectivity index (χ2v) is 11.2. The Bertz CT molecular complexity index is 2240. The van der Waals surface area contributed by atoms with Gasteiger partial charge in [0.15, 0.2) is 12.4 Å². The summed E-state index contributed by atoms with van der Waals surface area (Å²) in [6.45, 7) is 5.57. The summed E-state index contributed by atoms with van der Waals surface area (Å²) < 4.78 is 49.4. The zero-order chi connectivity index (χ0) is 34.0. The number of fused-ring (bicyclic) bond motifs is 1. The normalized spacial score (nSPS) is 11.7. The number of anilines is 1. The Balaban J connectivity index is 1.27. The maximum atomic E-state index is 13.6. The van der Waals surface area contributed by atoms with Crippen molar-refractivity contribution in [3.8, 4) is 22.8 Å². The van der Waals surface area contributed by atoms with Crippen molar-refractivity contribution in [2.75, 3.05) is 11.9 Å². The topological polar surface area (TPSA) is 90.5 Å². The zero-order valence-corrected chi connectivity index (χ0v) is 26.2. The van der Waals surface area contributed by atoms with E-state index in [-0.39, 0.29) is 29.3 Å². The van der Waals surface area contributed by atoms with Gasteiger partial charge in [-0.1, -0.05) is 42.5 Å². The number of amides is 1. The minimum Gasteiger partial charge on any atom is -0.484 e. The molecule has 2 heterocycles. The van der Waals surface area contributed by atoms with Crippen molar-refractivity contribution in [3.05, 3.63) is 142 Å². The van der Waals surface area contributed by atoms with Crippen LogP contribution < -0.4 is 15.6 Å². The first-order chi connectivity index (χ1) is 23.0. The Morgan fingerprint density at radius 3 is 2.40 bits per heavy atom. The number of nitrogens with one attached hydrogen (secondary N) is 1.